The average molecular weight is 374 g/mol. The SMILES string of the molecule is CCn1c([O-])c(-c2ccccc2)c(=O)[n+]2c1CCC2c1cnc(Cl)s1. The molecule has 0 saturated heterocycles. The molecule has 1 atom stereocenters. The summed E-state index contributed by atoms with van der Waals surface area (Å²) in [5, 5.41) is 12.9. The molecule has 7 heteroatoms. The van der Waals surface area contributed by atoms with E-state index in [1.807, 2.05) is 25.1 Å². The van der Waals surface area contributed by atoms with Crippen LogP contribution in [0.15, 0.2) is 41.3 Å². The van der Waals surface area contributed by atoms with Crippen LogP contribution in [0.1, 0.15) is 30.1 Å². The van der Waals surface area contributed by atoms with E-state index in [1.165, 1.54) is 11.3 Å². The Hall–Kier alpha value is -2.18. The van der Waals surface area contributed by atoms with Gasteiger partial charge in [-0.15, -0.1) is 11.3 Å². The predicted octanol–water partition coefficient (Wildman–Crippen LogP) is 2.54. The van der Waals surface area contributed by atoms with Crippen molar-refractivity contribution in [2.75, 3.05) is 0 Å². The predicted molar refractivity (Wildman–Crippen MR) is 95.0 cm³/mol. The van der Waals surface area contributed by atoms with Gasteiger partial charge in [0.2, 0.25) is 0 Å². The summed E-state index contributed by atoms with van der Waals surface area (Å²) in [7, 11) is 0. The van der Waals surface area contributed by atoms with E-state index in [2.05, 4.69) is 4.98 Å². The van der Waals surface area contributed by atoms with Crippen molar-refractivity contribution in [3.63, 3.8) is 0 Å². The van der Waals surface area contributed by atoms with E-state index in [1.54, 1.807) is 27.5 Å². The van der Waals surface area contributed by atoms with E-state index in [9.17, 15) is 9.90 Å². The molecule has 0 radical (unpaired) electrons. The summed E-state index contributed by atoms with van der Waals surface area (Å²) in [6, 6.07) is 9.03. The fourth-order valence-corrected chi connectivity index (χ4v) is 4.63. The van der Waals surface area contributed by atoms with Gasteiger partial charge in [-0.3, -0.25) is 0 Å². The zero-order valence-electron chi connectivity index (χ0n) is 13.6. The van der Waals surface area contributed by atoms with Gasteiger partial charge in [0.25, 0.3) is 5.82 Å². The second kappa shape index (κ2) is 6.28. The van der Waals surface area contributed by atoms with Gasteiger partial charge >= 0.3 is 5.56 Å². The highest BCUT2D eigenvalue weighted by Crippen LogP contribution is 2.32. The third kappa shape index (κ3) is 2.56. The summed E-state index contributed by atoms with van der Waals surface area (Å²) < 4.78 is 3.94. The lowest BCUT2D eigenvalue weighted by atomic mass is 10.1. The van der Waals surface area contributed by atoms with Crippen LogP contribution in [0.25, 0.3) is 11.1 Å². The molecule has 1 aliphatic heterocycles. The molecule has 3 heterocycles. The van der Waals surface area contributed by atoms with Crippen LogP contribution in [0.2, 0.25) is 4.47 Å². The molecule has 1 aliphatic rings. The lowest BCUT2D eigenvalue weighted by molar-refractivity contribution is -0.724. The van der Waals surface area contributed by atoms with E-state index >= 15 is 0 Å². The zero-order chi connectivity index (χ0) is 17.6. The summed E-state index contributed by atoms with van der Waals surface area (Å²) in [5.74, 6) is 0.569. The quantitative estimate of drug-likeness (QED) is 0.663. The first-order chi connectivity index (χ1) is 12.1. The summed E-state index contributed by atoms with van der Waals surface area (Å²) in [4.78, 5) is 18.3. The topological polar surface area (TPSA) is 61.8 Å². The lowest BCUT2D eigenvalue weighted by Crippen LogP contribution is -2.55. The summed E-state index contributed by atoms with van der Waals surface area (Å²) in [6.07, 6.45) is 3.18. The molecule has 25 heavy (non-hydrogen) atoms. The minimum Gasteiger partial charge on any atom is -0.842 e. The number of benzene rings is 1. The molecule has 1 unspecified atom stereocenters. The van der Waals surface area contributed by atoms with Crippen LogP contribution < -0.4 is 15.2 Å². The van der Waals surface area contributed by atoms with Crippen molar-refractivity contribution in [3.8, 4) is 17.0 Å². The minimum atomic E-state index is -0.233. The molecule has 0 fully saturated rings. The van der Waals surface area contributed by atoms with E-state index in [-0.39, 0.29) is 23.0 Å². The van der Waals surface area contributed by atoms with Gasteiger partial charge in [0.1, 0.15) is 11.6 Å². The largest absolute Gasteiger partial charge is 0.842 e. The van der Waals surface area contributed by atoms with Crippen LogP contribution in [0, 0.1) is 0 Å². The van der Waals surface area contributed by atoms with E-state index in [4.69, 9.17) is 11.6 Å². The van der Waals surface area contributed by atoms with Crippen molar-refractivity contribution in [1.82, 2.24) is 9.55 Å². The molecule has 0 aliphatic carbocycles. The van der Waals surface area contributed by atoms with Crippen molar-refractivity contribution in [2.45, 2.75) is 32.4 Å². The van der Waals surface area contributed by atoms with E-state index < -0.39 is 0 Å². The van der Waals surface area contributed by atoms with Crippen LogP contribution in [-0.4, -0.2) is 9.55 Å². The van der Waals surface area contributed by atoms with Crippen molar-refractivity contribution >= 4 is 22.9 Å². The van der Waals surface area contributed by atoms with Gasteiger partial charge in [-0.25, -0.2) is 14.3 Å². The van der Waals surface area contributed by atoms with Crippen molar-refractivity contribution in [3.05, 3.63) is 62.1 Å². The minimum absolute atomic E-state index is 0.117. The fraction of sp³-hybridized carbons (Fsp3) is 0.278. The molecule has 0 spiro atoms. The Morgan fingerprint density at radius 1 is 1.40 bits per heavy atom. The number of halogens is 1. The monoisotopic (exact) mass is 373 g/mol. The number of thiazole rings is 1. The Labute approximate surface area is 153 Å². The standard InChI is InChI=1S/C18H16ClN3O2S/c1-2-21-14-9-8-12(13-10-20-18(19)25-13)22(14)17(24)15(16(21)23)11-6-4-3-5-7-11/h3-7,10,12H,2,8-9H2,1H3. The molecule has 1 aromatic carbocycles. The molecule has 0 bridgehead atoms. The van der Waals surface area contributed by atoms with Crippen LogP contribution in [-0.2, 0) is 13.0 Å². The van der Waals surface area contributed by atoms with E-state index in [0.29, 0.717) is 23.0 Å². The molecule has 0 N–H and O–H groups in total. The average Bonchev–Trinajstić information content (AvgIpc) is 3.23. The number of hydrogen-bond acceptors (Lipinski definition) is 4. The second-order valence-electron chi connectivity index (χ2n) is 5.95. The lowest BCUT2D eigenvalue weighted by Gasteiger charge is -2.18. The first-order valence-corrected chi connectivity index (χ1v) is 9.36. The molecule has 5 nitrogen and oxygen atoms in total. The maximum absolute atomic E-state index is 13.2. The summed E-state index contributed by atoms with van der Waals surface area (Å²) >= 11 is 7.37. The number of fused-ring (bicyclic) bond motifs is 1. The van der Waals surface area contributed by atoms with Crippen LogP contribution in [0.4, 0.5) is 0 Å². The van der Waals surface area contributed by atoms with Crippen LogP contribution in [0.3, 0.4) is 0 Å². The number of nitrogens with zero attached hydrogens (tertiary/aromatic N) is 3. The Morgan fingerprint density at radius 2 is 2.16 bits per heavy atom. The van der Waals surface area contributed by atoms with Crippen molar-refractivity contribution in [2.24, 2.45) is 0 Å². The van der Waals surface area contributed by atoms with Crippen LogP contribution >= 0.6 is 22.9 Å². The highest BCUT2D eigenvalue weighted by Gasteiger charge is 2.37. The molecule has 128 valence electrons. The normalized spacial score (nSPS) is 16.2. The molecule has 2 aromatic heterocycles. The third-order valence-corrected chi connectivity index (χ3v) is 5.85. The first kappa shape index (κ1) is 16.3. The summed E-state index contributed by atoms with van der Waals surface area (Å²) in [5.41, 5.74) is 0.652. The van der Waals surface area contributed by atoms with Gasteiger partial charge in [-0.2, -0.15) is 4.57 Å². The number of aromatic nitrogens is 3. The van der Waals surface area contributed by atoms with Gasteiger partial charge in [-0.1, -0.05) is 41.9 Å². The Balaban J connectivity index is 1.99. The van der Waals surface area contributed by atoms with Gasteiger partial charge in [0.15, 0.2) is 4.47 Å². The number of hydrogen-bond donors (Lipinski definition) is 0. The fourth-order valence-electron chi connectivity index (χ4n) is 3.55. The van der Waals surface area contributed by atoms with E-state index in [0.717, 1.165) is 17.1 Å². The van der Waals surface area contributed by atoms with Crippen LogP contribution in [0.5, 0.6) is 5.88 Å². The summed E-state index contributed by atoms with van der Waals surface area (Å²) in [6.45, 7) is 2.46. The van der Waals surface area contributed by atoms with Gasteiger partial charge in [0.05, 0.1) is 23.7 Å². The molecule has 0 saturated carbocycles. The Morgan fingerprint density at radius 3 is 2.80 bits per heavy atom. The highest BCUT2D eigenvalue weighted by atomic mass is 35.5. The van der Waals surface area contributed by atoms with Gasteiger partial charge < -0.3 is 5.11 Å². The highest BCUT2D eigenvalue weighted by molar-refractivity contribution is 7.15. The Bertz CT molecular complexity index is 998. The smallest absolute Gasteiger partial charge is 0.345 e. The van der Waals surface area contributed by atoms with Crippen molar-refractivity contribution in [1.29, 1.82) is 0 Å². The van der Waals surface area contributed by atoms with Gasteiger partial charge in [-0.05, 0) is 12.5 Å². The molecule has 4 rings (SSSR count). The van der Waals surface area contributed by atoms with Crippen molar-refractivity contribution < 1.29 is 9.67 Å². The maximum atomic E-state index is 13.2. The maximum Gasteiger partial charge on any atom is 0.345 e. The van der Waals surface area contributed by atoms with Gasteiger partial charge in [0, 0.05) is 12.6 Å². The Kier molecular flexibility index (Phi) is 4.09. The first-order valence-electron chi connectivity index (χ1n) is 8.16. The molecule has 3 aromatic rings. The molecular formula is C18H16ClN3O2S. The molecular weight excluding hydrogens is 358 g/mol. The number of rotatable bonds is 3. The molecule has 0 amide bonds. The zero-order valence-corrected chi connectivity index (χ0v) is 15.2. The second-order valence-corrected chi connectivity index (χ2v) is 7.60. The third-order valence-electron chi connectivity index (χ3n) is 4.64.